The van der Waals surface area contributed by atoms with E-state index in [1.54, 1.807) is 12.1 Å². The van der Waals surface area contributed by atoms with Gasteiger partial charge in [-0.1, -0.05) is 42.5 Å². The van der Waals surface area contributed by atoms with Gasteiger partial charge in [-0.2, -0.15) is 0 Å². The van der Waals surface area contributed by atoms with Gasteiger partial charge in [-0.3, -0.25) is 4.90 Å². The Morgan fingerprint density at radius 3 is 2.28 bits per heavy atom. The molecular weight excluding hydrogens is 413 g/mol. The van der Waals surface area contributed by atoms with Crippen molar-refractivity contribution in [3.8, 4) is 0 Å². The molecule has 3 aromatic rings. The SMILES string of the molecule is O=C(O)c1ccc([C@@H]2[C@@H]([C@H](O)CCc3ccccc3)OC(=O)N2c2ccc(F)cc2)cc1. The summed E-state index contributed by atoms with van der Waals surface area (Å²) in [5.41, 5.74) is 2.18. The van der Waals surface area contributed by atoms with E-state index < -0.39 is 36.1 Å². The predicted octanol–water partition coefficient (Wildman–Crippen LogP) is 4.58. The van der Waals surface area contributed by atoms with Crippen LogP contribution in [-0.2, 0) is 11.2 Å². The van der Waals surface area contributed by atoms with Crippen LogP contribution in [0.5, 0.6) is 0 Å². The van der Waals surface area contributed by atoms with Crippen LogP contribution < -0.4 is 4.90 Å². The minimum Gasteiger partial charge on any atom is -0.478 e. The lowest BCUT2D eigenvalue weighted by Gasteiger charge is -2.27. The number of cyclic esters (lactones) is 1. The Labute approximate surface area is 184 Å². The molecule has 1 saturated heterocycles. The maximum atomic E-state index is 13.4. The number of aryl methyl sites for hydroxylation is 1. The zero-order valence-electron chi connectivity index (χ0n) is 17.1. The standard InChI is InChI=1S/C25H22FNO5/c26-19-11-13-20(14-12-19)27-22(17-7-9-18(10-8-17)24(29)30)23(32-25(27)31)21(28)15-6-16-4-2-1-3-5-16/h1-5,7-14,21-23,28H,6,15H2,(H,29,30)/t21-,22-,23-/m1/s1. The number of aromatic carboxylic acids is 1. The van der Waals surface area contributed by atoms with E-state index in [-0.39, 0.29) is 5.56 Å². The summed E-state index contributed by atoms with van der Waals surface area (Å²) in [4.78, 5) is 25.4. The molecule has 0 spiro atoms. The van der Waals surface area contributed by atoms with E-state index in [9.17, 15) is 24.2 Å². The number of halogens is 1. The molecule has 4 rings (SSSR count). The molecule has 6 nitrogen and oxygen atoms in total. The molecule has 0 saturated carbocycles. The Morgan fingerprint density at radius 1 is 1.00 bits per heavy atom. The molecule has 0 aromatic heterocycles. The highest BCUT2D eigenvalue weighted by atomic mass is 19.1. The van der Waals surface area contributed by atoms with Crippen molar-refractivity contribution in [3.63, 3.8) is 0 Å². The van der Waals surface area contributed by atoms with Gasteiger partial charge in [0, 0.05) is 5.69 Å². The Balaban J connectivity index is 1.65. The summed E-state index contributed by atoms with van der Waals surface area (Å²) in [7, 11) is 0. The summed E-state index contributed by atoms with van der Waals surface area (Å²) in [6, 6.07) is 20.5. The van der Waals surface area contributed by atoms with Gasteiger partial charge in [0.25, 0.3) is 0 Å². The molecule has 0 bridgehead atoms. The van der Waals surface area contributed by atoms with Crippen LogP contribution in [0.1, 0.15) is 33.9 Å². The highest BCUT2D eigenvalue weighted by Gasteiger charge is 2.46. The normalized spacial score (nSPS) is 18.9. The number of carboxylic acids is 1. The van der Waals surface area contributed by atoms with Crippen molar-refractivity contribution in [1.29, 1.82) is 0 Å². The van der Waals surface area contributed by atoms with Gasteiger partial charge in [-0.25, -0.2) is 14.0 Å². The molecule has 164 valence electrons. The largest absolute Gasteiger partial charge is 0.478 e. The van der Waals surface area contributed by atoms with Crippen LogP contribution in [0.4, 0.5) is 14.9 Å². The van der Waals surface area contributed by atoms with Crippen molar-refractivity contribution in [1.82, 2.24) is 0 Å². The molecule has 0 radical (unpaired) electrons. The Morgan fingerprint density at radius 2 is 1.66 bits per heavy atom. The summed E-state index contributed by atoms with van der Waals surface area (Å²) in [5.74, 6) is -1.51. The lowest BCUT2D eigenvalue weighted by Crippen LogP contribution is -2.35. The van der Waals surface area contributed by atoms with Crippen LogP contribution in [0, 0.1) is 5.82 Å². The highest BCUT2D eigenvalue weighted by Crippen LogP contribution is 2.39. The minimum atomic E-state index is -1.06. The average Bonchev–Trinajstić information content (AvgIpc) is 3.16. The first-order valence-corrected chi connectivity index (χ1v) is 10.2. The first kappa shape index (κ1) is 21.5. The fourth-order valence-electron chi connectivity index (χ4n) is 3.94. The molecule has 0 aliphatic carbocycles. The number of nitrogens with zero attached hydrogens (tertiary/aromatic N) is 1. The van der Waals surface area contributed by atoms with E-state index >= 15 is 0 Å². The highest BCUT2D eigenvalue weighted by molar-refractivity contribution is 5.91. The van der Waals surface area contributed by atoms with E-state index in [1.807, 2.05) is 30.3 Å². The molecule has 1 amide bonds. The molecule has 1 fully saturated rings. The van der Waals surface area contributed by atoms with Crippen molar-refractivity contribution in [2.24, 2.45) is 0 Å². The molecule has 2 N–H and O–H groups in total. The van der Waals surface area contributed by atoms with Crippen molar-refractivity contribution < 1.29 is 28.9 Å². The van der Waals surface area contributed by atoms with Gasteiger partial charge in [-0.05, 0) is 60.4 Å². The third-order valence-corrected chi connectivity index (χ3v) is 5.58. The van der Waals surface area contributed by atoms with E-state index in [0.29, 0.717) is 24.1 Å². The summed E-state index contributed by atoms with van der Waals surface area (Å²) in [6.07, 6.45) is -1.55. The van der Waals surface area contributed by atoms with Crippen LogP contribution in [0.2, 0.25) is 0 Å². The number of carboxylic acid groups (broad SMARTS) is 1. The molecule has 3 atom stereocenters. The maximum Gasteiger partial charge on any atom is 0.415 e. The average molecular weight is 435 g/mol. The number of benzene rings is 3. The molecule has 1 heterocycles. The van der Waals surface area contributed by atoms with E-state index in [0.717, 1.165) is 5.56 Å². The second kappa shape index (κ2) is 9.20. The second-order valence-corrected chi connectivity index (χ2v) is 7.66. The van der Waals surface area contributed by atoms with Crippen molar-refractivity contribution in [2.75, 3.05) is 4.90 Å². The number of anilines is 1. The van der Waals surface area contributed by atoms with Crippen molar-refractivity contribution in [2.45, 2.75) is 31.1 Å². The van der Waals surface area contributed by atoms with Crippen molar-refractivity contribution >= 4 is 17.7 Å². The summed E-state index contributed by atoms with van der Waals surface area (Å²) in [5, 5.41) is 20.1. The Kier molecular flexibility index (Phi) is 6.18. The Hall–Kier alpha value is -3.71. The smallest absolute Gasteiger partial charge is 0.415 e. The topological polar surface area (TPSA) is 87.1 Å². The van der Waals surface area contributed by atoms with Gasteiger partial charge >= 0.3 is 12.1 Å². The summed E-state index contributed by atoms with van der Waals surface area (Å²) < 4.78 is 19.0. The first-order chi connectivity index (χ1) is 15.4. The number of ether oxygens (including phenoxy) is 1. The fourth-order valence-corrected chi connectivity index (χ4v) is 3.94. The monoisotopic (exact) mass is 435 g/mol. The molecule has 0 unspecified atom stereocenters. The predicted molar refractivity (Wildman–Crippen MR) is 116 cm³/mol. The van der Waals surface area contributed by atoms with Crippen LogP contribution in [0.3, 0.4) is 0 Å². The maximum absolute atomic E-state index is 13.4. The number of hydrogen-bond acceptors (Lipinski definition) is 4. The Bertz CT molecular complexity index is 1090. The third-order valence-electron chi connectivity index (χ3n) is 5.58. The minimum absolute atomic E-state index is 0.105. The lowest BCUT2D eigenvalue weighted by atomic mass is 9.93. The number of amides is 1. The third kappa shape index (κ3) is 4.48. The van der Waals surface area contributed by atoms with Crippen LogP contribution >= 0.6 is 0 Å². The number of carbonyl (C=O) groups is 2. The molecule has 1 aliphatic rings. The van der Waals surface area contributed by atoms with E-state index in [1.165, 1.54) is 41.3 Å². The number of aliphatic hydroxyl groups excluding tert-OH is 1. The lowest BCUT2D eigenvalue weighted by molar-refractivity contribution is 0.0146. The molecular formula is C25H22FNO5. The van der Waals surface area contributed by atoms with E-state index in [4.69, 9.17) is 4.74 Å². The summed E-state index contributed by atoms with van der Waals surface area (Å²) >= 11 is 0. The first-order valence-electron chi connectivity index (χ1n) is 10.2. The number of rotatable bonds is 7. The molecule has 7 heteroatoms. The van der Waals surface area contributed by atoms with Crippen LogP contribution in [-0.4, -0.2) is 34.5 Å². The summed E-state index contributed by atoms with van der Waals surface area (Å²) in [6.45, 7) is 0. The molecule has 32 heavy (non-hydrogen) atoms. The second-order valence-electron chi connectivity index (χ2n) is 7.66. The van der Waals surface area contributed by atoms with E-state index in [2.05, 4.69) is 0 Å². The zero-order valence-corrected chi connectivity index (χ0v) is 17.1. The molecule has 1 aliphatic heterocycles. The fraction of sp³-hybridized carbons (Fsp3) is 0.200. The van der Waals surface area contributed by atoms with Gasteiger partial charge in [0.2, 0.25) is 0 Å². The van der Waals surface area contributed by atoms with Gasteiger partial charge in [-0.15, -0.1) is 0 Å². The number of hydrogen-bond donors (Lipinski definition) is 2. The van der Waals surface area contributed by atoms with Crippen molar-refractivity contribution in [3.05, 3.63) is 101 Å². The van der Waals surface area contributed by atoms with Gasteiger partial charge < -0.3 is 14.9 Å². The number of aliphatic hydroxyl groups is 1. The quantitative estimate of drug-likeness (QED) is 0.567. The zero-order chi connectivity index (χ0) is 22.7. The molecule has 3 aromatic carbocycles. The van der Waals surface area contributed by atoms with Gasteiger partial charge in [0.05, 0.1) is 11.7 Å². The van der Waals surface area contributed by atoms with Crippen LogP contribution in [0.15, 0.2) is 78.9 Å². The number of carbonyl (C=O) groups excluding carboxylic acids is 1. The van der Waals surface area contributed by atoms with Crippen LogP contribution in [0.25, 0.3) is 0 Å². The van der Waals surface area contributed by atoms with Gasteiger partial charge in [0.15, 0.2) is 6.10 Å². The van der Waals surface area contributed by atoms with Gasteiger partial charge in [0.1, 0.15) is 11.9 Å².